The van der Waals surface area contributed by atoms with Crippen molar-refractivity contribution in [3.8, 4) is 5.75 Å². The lowest BCUT2D eigenvalue weighted by molar-refractivity contribution is 0.414. The zero-order valence-corrected chi connectivity index (χ0v) is 11.7. The van der Waals surface area contributed by atoms with E-state index in [0.29, 0.717) is 6.04 Å². The first kappa shape index (κ1) is 13.4. The number of pyridine rings is 1. The highest BCUT2D eigenvalue weighted by Crippen LogP contribution is 2.14. The quantitative estimate of drug-likeness (QED) is 0.889. The van der Waals surface area contributed by atoms with Gasteiger partial charge in [-0.15, -0.1) is 0 Å². The first-order valence-electron chi connectivity index (χ1n) is 6.49. The molecule has 1 aromatic heterocycles. The Balaban J connectivity index is 1.92. The van der Waals surface area contributed by atoms with Crippen LogP contribution in [0.15, 0.2) is 42.6 Å². The number of anilines is 1. The maximum absolute atomic E-state index is 5.16. The van der Waals surface area contributed by atoms with Crippen LogP contribution in [-0.2, 0) is 6.42 Å². The number of benzene rings is 1. The zero-order chi connectivity index (χ0) is 13.7. The van der Waals surface area contributed by atoms with Crippen molar-refractivity contribution < 1.29 is 4.74 Å². The van der Waals surface area contributed by atoms with E-state index < -0.39 is 0 Å². The smallest absolute Gasteiger partial charge is 0.118 e. The topological polar surface area (TPSA) is 34.1 Å². The lowest BCUT2D eigenvalue weighted by atomic mass is 10.1. The minimum atomic E-state index is 0.359. The summed E-state index contributed by atoms with van der Waals surface area (Å²) in [5.41, 5.74) is 3.39. The number of hydrogen-bond acceptors (Lipinski definition) is 3. The van der Waals surface area contributed by atoms with Crippen LogP contribution in [0.1, 0.15) is 18.2 Å². The molecule has 100 valence electrons. The van der Waals surface area contributed by atoms with Crippen molar-refractivity contribution in [2.75, 3.05) is 12.4 Å². The lowest BCUT2D eigenvalue weighted by Gasteiger charge is -2.15. The summed E-state index contributed by atoms with van der Waals surface area (Å²) >= 11 is 0. The van der Waals surface area contributed by atoms with E-state index in [9.17, 15) is 0 Å². The van der Waals surface area contributed by atoms with Crippen LogP contribution in [0, 0.1) is 6.92 Å². The second-order valence-electron chi connectivity index (χ2n) is 4.79. The molecule has 0 bridgehead atoms. The van der Waals surface area contributed by atoms with Gasteiger partial charge in [0.25, 0.3) is 0 Å². The molecule has 0 aliphatic carbocycles. The molecule has 3 nitrogen and oxygen atoms in total. The third-order valence-corrected chi connectivity index (χ3v) is 3.03. The fourth-order valence-electron chi connectivity index (χ4n) is 2.00. The number of nitrogens with zero attached hydrogens (tertiary/aromatic N) is 1. The highest BCUT2D eigenvalue weighted by Gasteiger charge is 2.04. The zero-order valence-electron chi connectivity index (χ0n) is 11.7. The van der Waals surface area contributed by atoms with Crippen LogP contribution in [0.25, 0.3) is 0 Å². The van der Waals surface area contributed by atoms with Crippen molar-refractivity contribution in [1.82, 2.24) is 4.98 Å². The molecule has 1 unspecified atom stereocenters. The van der Waals surface area contributed by atoms with E-state index in [1.165, 1.54) is 5.56 Å². The third-order valence-electron chi connectivity index (χ3n) is 3.03. The predicted octanol–water partition coefficient (Wildman–Crippen LogP) is 3.44. The lowest BCUT2D eigenvalue weighted by Crippen LogP contribution is -2.18. The fourth-order valence-corrected chi connectivity index (χ4v) is 2.00. The highest BCUT2D eigenvalue weighted by molar-refractivity contribution is 5.42. The van der Waals surface area contributed by atoms with Crippen molar-refractivity contribution >= 4 is 5.69 Å². The minimum absolute atomic E-state index is 0.359. The summed E-state index contributed by atoms with van der Waals surface area (Å²) in [5.74, 6) is 0.895. The molecular formula is C16H20N2O. The Morgan fingerprint density at radius 3 is 2.47 bits per heavy atom. The van der Waals surface area contributed by atoms with Gasteiger partial charge in [-0.05, 0) is 50.1 Å². The summed E-state index contributed by atoms with van der Waals surface area (Å²) in [5, 5.41) is 3.45. The minimum Gasteiger partial charge on any atom is -0.497 e. The summed E-state index contributed by atoms with van der Waals surface area (Å²) in [6.07, 6.45) is 2.84. The number of rotatable bonds is 5. The molecule has 1 atom stereocenters. The van der Waals surface area contributed by atoms with E-state index in [2.05, 4.69) is 35.4 Å². The Labute approximate surface area is 114 Å². The molecule has 3 heteroatoms. The van der Waals surface area contributed by atoms with Gasteiger partial charge in [-0.1, -0.05) is 12.1 Å². The van der Waals surface area contributed by atoms with Gasteiger partial charge in [0.05, 0.1) is 19.0 Å². The van der Waals surface area contributed by atoms with Gasteiger partial charge >= 0.3 is 0 Å². The fraction of sp³-hybridized carbons (Fsp3) is 0.312. The molecular weight excluding hydrogens is 236 g/mol. The van der Waals surface area contributed by atoms with E-state index in [-0.39, 0.29) is 0 Å². The Morgan fingerprint density at radius 2 is 1.89 bits per heavy atom. The molecule has 0 saturated carbocycles. The van der Waals surface area contributed by atoms with Crippen molar-refractivity contribution in [3.63, 3.8) is 0 Å². The first-order chi connectivity index (χ1) is 9.17. The molecule has 0 fully saturated rings. The van der Waals surface area contributed by atoms with Gasteiger partial charge in [0.2, 0.25) is 0 Å². The van der Waals surface area contributed by atoms with Crippen LogP contribution in [0.4, 0.5) is 5.69 Å². The van der Waals surface area contributed by atoms with Crippen molar-refractivity contribution in [3.05, 3.63) is 53.9 Å². The second-order valence-corrected chi connectivity index (χ2v) is 4.79. The van der Waals surface area contributed by atoms with Gasteiger partial charge in [0, 0.05) is 11.7 Å². The number of ether oxygens (including phenoxy) is 1. The van der Waals surface area contributed by atoms with Gasteiger partial charge in [-0.25, -0.2) is 0 Å². The molecule has 1 heterocycles. The second kappa shape index (κ2) is 6.23. The predicted molar refractivity (Wildman–Crippen MR) is 78.8 cm³/mol. The number of hydrogen-bond donors (Lipinski definition) is 1. The number of nitrogens with one attached hydrogen (secondary N) is 1. The van der Waals surface area contributed by atoms with Crippen LogP contribution in [0.3, 0.4) is 0 Å². The standard InChI is InChI=1S/C16H20N2O/c1-12-4-7-15(11-17-12)18-13(2)10-14-5-8-16(19-3)9-6-14/h4-9,11,13,18H,10H2,1-3H3. The monoisotopic (exact) mass is 256 g/mol. The molecule has 1 aromatic carbocycles. The van der Waals surface area contributed by atoms with Crippen molar-refractivity contribution in [2.24, 2.45) is 0 Å². The summed E-state index contributed by atoms with van der Waals surface area (Å²) < 4.78 is 5.16. The number of methoxy groups -OCH3 is 1. The summed E-state index contributed by atoms with van der Waals surface area (Å²) in [6, 6.07) is 12.6. The molecule has 2 rings (SSSR count). The van der Waals surface area contributed by atoms with Gasteiger partial charge in [-0.2, -0.15) is 0 Å². The maximum atomic E-state index is 5.16. The van der Waals surface area contributed by atoms with E-state index in [0.717, 1.165) is 23.6 Å². The SMILES string of the molecule is COc1ccc(CC(C)Nc2ccc(C)nc2)cc1. The van der Waals surface area contributed by atoms with Crippen molar-refractivity contribution in [2.45, 2.75) is 26.3 Å². The summed E-state index contributed by atoms with van der Waals surface area (Å²) in [6.45, 7) is 4.16. The Kier molecular flexibility index (Phi) is 4.39. The van der Waals surface area contributed by atoms with Gasteiger partial charge in [0.1, 0.15) is 5.75 Å². The Morgan fingerprint density at radius 1 is 1.16 bits per heavy atom. The van der Waals surface area contributed by atoms with Crippen LogP contribution < -0.4 is 10.1 Å². The first-order valence-corrected chi connectivity index (χ1v) is 6.49. The Hall–Kier alpha value is -2.03. The maximum Gasteiger partial charge on any atom is 0.118 e. The van der Waals surface area contributed by atoms with E-state index in [1.807, 2.05) is 31.3 Å². The van der Waals surface area contributed by atoms with Gasteiger partial charge < -0.3 is 10.1 Å². The molecule has 2 aromatic rings. The molecule has 0 aliphatic rings. The average Bonchev–Trinajstić information content (AvgIpc) is 2.42. The molecule has 0 radical (unpaired) electrons. The van der Waals surface area contributed by atoms with Crippen molar-refractivity contribution in [1.29, 1.82) is 0 Å². The molecule has 19 heavy (non-hydrogen) atoms. The largest absolute Gasteiger partial charge is 0.497 e. The third kappa shape index (κ3) is 3.98. The van der Waals surface area contributed by atoms with E-state index in [4.69, 9.17) is 4.74 Å². The van der Waals surface area contributed by atoms with Crippen LogP contribution in [0.5, 0.6) is 5.75 Å². The highest BCUT2D eigenvalue weighted by atomic mass is 16.5. The molecule has 0 spiro atoms. The average molecular weight is 256 g/mol. The number of aromatic nitrogens is 1. The summed E-state index contributed by atoms with van der Waals surface area (Å²) in [4.78, 5) is 4.28. The molecule has 1 N–H and O–H groups in total. The Bertz CT molecular complexity index is 505. The van der Waals surface area contributed by atoms with Gasteiger partial charge in [-0.3, -0.25) is 4.98 Å². The molecule has 0 amide bonds. The summed E-state index contributed by atoms with van der Waals surface area (Å²) in [7, 11) is 1.68. The van der Waals surface area contributed by atoms with Crippen LogP contribution in [-0.4, -0.2) is 18.1 Å². The van der Waals surface area contributed by atoms with E-state index in [1.54, 1.807) is 7.11 Å². The molecule has 0 aliphatic heterocycles. The normalized spacial score (nSPS) is 11.9. The van der Waals surface area contributed by atoms with Crippen LogP contribution >= 0.6 is 0 Å². The van der Waals surface area contributed by atoms with Crippen LogP contribution in [0.2, 0.25) is 0 Å². The molecule has 0 saturated heterocycles. The number of aryl methyl sites for hydroxylation is 1. The van der Waals surface area contributed by atoms with E-state index >= 15 is 0 Å². The van der Waals surface area contributed by atoms with Gasteiger partial charge in [0.15, 0.2) is 0 Å².